The minimum atomic E-state index is -0.207. The van der Waals surface area contributed by atoms with Gasteiger partial charge < -0.3 is 30.7 Å². The first kappa shape index (κ1) is 21.3. The lowest BCUT2D eigenvalue weighted by molar-refractivity contribution is 0.174. The van der Waals surface area contributed by atoms with Crippen LogP contribution in [0.15, 0.2) is 47.5 Å². The molecule has 0 bridgehead atoms. The van der Waals surface area contributed by atoms with Crippen LogP contribution in [0.2, 0.25) is 0 Å². The number of ether oxygens (including phenoxy) is 2. The highest BCUT2D eigenvalue weighted by atomic mass is 16.7. The molecule has 0 spiro atoms. The summed E-state index contributed by atoms with van der Waals surface area (Å²) < 4.78 is 10.8. The van der Waals surface area contributed by atoms with Gasteiger partial charge in [0.15, 0.2) is 17.5 Å². The molecule has 2 aromatic carbocycles. The maximum atomic E-state index is 11.8. The van der Waals surface area contributed by atoms with Gasteiger partial charge in [-0.2, -0.15) is 0 Å². The van der Waals surface area contributed by atoms with Crippen LogP contribution in [0.5, 0.6) is 11.5 Å². The number of fused-ring (bicyclic) bond motifs is 1. The molecule has 0 atom stereocenters. The van der Waals surface area contributed by atoms with Gasteiger partial charge in [-0.1, -0.05) is 18.2 Å². The lowest BCUT2D eigenvalue weighted by Crippen LogP contribution is -2.36. The predicted octanol–water partition coefficient (Wildman–Crippen LogP) is 3.20. The van der Waals surface area contributed by atoms with Gasteiger partial charge in [-0.3, -0.25) is 0 Å². The Kier molecular flexibility index (Phi) is 7.37. The van der Waals surface area contributed by atoms with Gasteiger partial charge in [-0.25, -0.2) is 9.79 Å². The van der Waals surface area contributed by atoms with Crippen LogP contribution in [0.3, 0.4) is 0 Å². The molecular weight excluding hydrogens is 382 g/mol. The predicted molar refractivity (Wildman–Crippen MR) is 118 cm³/mol. The molecule has 8 heteroatoms. The van der Waals surface area contributed by atoms with Gasteiger partial charge in [0.2, 0.25) is 6.79 Å². The lowest BCUT2D eigenvalue weighted by atomic mass is 10.2. The van der Waals surface area contributed by atoms with Gasteiger partial charge >= 0.3 is 6.03 Å². The Bertz CT molecular complexity index is 881. The van der Waals surface area contributed by atoms with E-state index in [4.69, 9.17) is 9.47 Å². The SMILES string of the molecule is CCNC(=NCc1ccc2c(c1)OCO2)NCc1ccc(NC(=O)NC(C)C)cc1. The fourth-order valence-electron chi connectivity index (χ4n) is 2.87. The van der Waals surface area contributed by atoms with Gasteiger partial charge in [0.05, 0.1) is 6.54 Å². The van der Waals surface area contributed by atoms with E-state index in [1.54, 1.807) is 0 Å². The van der Waals surface area contributed by atoms with Crippen molar-refractivity contribution in [2.24, 2.45) is 4.99 Å². The minimum Gasteiger partial charge on any atom is -0.454 e. The lowest BCUT2D eigenvalue weighted by Gasteiger charge is -2.13. The fourth-order valence-corrected chi connectivity index (χ4v) is 2.87. The molecule has 0 fully saturated rings. The highest BCUT2D eigenvalue weighted by Gasteiger charge is 2.13. The number of anilines is 1. The zero-order chi connectivity index (χ0) is 21.3. The highest BCUT2D eigenvalue weighted by Crippen LogP contribution is 2.32. The van der Waals surface area contributed by atoms with Gasteiger partial charge in [-0.05, 0) is 56.2 Å². The molecule has 1 aliphatic rings. The summed E-state index contributed by atoms with van der Waals surface area (Å²) >= 11 is 0. The summed E-state index contributed by atoms with van der Waals surface area (Å²) in [5.74, 6) is 2.26. The van der Waals surface area contributed by atoms with Crippen molar-refractivity contribution in [1.29, 1.82) is 0 Å². The summed E-state index contributed by atoms with van der Waals surface area (Å²) in [6.45, 7) is 8.05. The molecule has 2 amide bonds. The molecule has 1 heterocycles. The number of urea groups is 1. The normalized spacial score (nSPS) is 12.6. The molecule has 0 saturated carbocycles. The van der Waals surface area contributed by atoms with Gasteiger partial charge in [0.25, 0.3) is 0 Å². The Morgan fingerprint density at radius 2 is 1.77 bits per heavy atom. The number of nitrogens with zero attached hydrogens (tertiary/aromatic N) is 1. The van der Waals surface area contributed by atoms with Crippen LogP contribution in [-0.4, -0.2) is 31.4 Å². The summed E-state index contributed by atoms with van der Waals surface area (Å²) in [6, 6.07) is 13.4. The zero-order valence-electron chi connectivity index (χ0n) is 17.6. The first-order chi connectivity index (χ1) is 14.5. The maximum absolute atomic E-state index is 11.8. The van der Waals surface area contributed by atoms with E-state index in [0.717, 1.165) is 40.8 Å². The smallest absolute Gasteiger partial charge is 0.319 e. The number of carbonyl (C=O) groups is 1. The quantitative estimate of drug-likeness (QED) is 0.415. The van der Waals surface area contributed by atoms with Crippen molar-refractivity contribution in [1.82, 2.24) is 16.0 Å². The summed E-state index contributed by atoms with van der Waals surface area (Å²) in [4.78, 5) is 16.4. The molecule has 4 N–H and O–H groups in total. The molecule has 0 aliphatic carbocycles. The van der Waals surface area contributed by atoms with Crippen LogP contribution >= 0.6 is 0 Å². The van der Waals surface area contributed by atoms with Crippen molar-refractivity contribution in [2.75, 3.05) is 18.7 Å². The third-order valence-corrected chi connectivity index (χ3v) is 4.29. The summed E-state index contributed by atoms with van der Waals surface area (Å²) in [5.41, 5.74) is 2.88. The molecule has 0 saturated heterocycles. The Morgan fingerprint density at radius 1 is 1.03 bits per heavy atom. The van der Waals surface area contributed by atoms with E-state index >= 15 is 0 Å². The maximum Gasteiger partial charge on any atom is 0.319 e. The molecule has 1 aliphatic heterocycles. The zero-order valence-corrected chi connectivity index (χ0v) is 17.6. The number of benzene rings is 2. The van der Waals surface area contributed by atoms with Crippen molar-refractivity contribution in [3.05, 3.63) is 53.6 Å². The molecule has 0 unspecified atom stereocenters. The van der Waals surface area contributed by atoms with E-state index in [-0.39, 0.29) is 18.9 Å². The standard InChI is InChI=1S/C22H29N5O3/c1-4-23-21(25-13-17-7-10-19-20(11-17)30-14-29-19)24-12-16-5-8-18(9-6-16)27-22(28)26-15(2)3/h5-11,15H,4,12-14H2,1-3H3,(H2,23,24,25)(H2,26,27,28). The first-order valence-electron chi connectivity index (χ1n) is 10.1. The van der Waals surface area contributed by atoms with E-state index in [2.05, 4.69) is 26.3 Å². The van der Waals surface area contributed by atoms with E-state index in [1.807, 2.05) is 63.2 Å². The van der Waals surface area contributed by atoms with E-state index in [1.165, 1.54) is 0 Å². The van der Waals surface area contributed by atoms with E-state index < -0.39 is 0 Å². The average Bonchev–Trinajstić information content (AvgIpc) is 3.18. The van der Waals surface area contributed by atoms with Gasteiger partial charge in [-0.15, -0.1) is 0 Å². The average molecular weight is 412 g/mol. The topological polar surface area (TPSA) is 96.0 Å². The number of rotatable bonds is 7. The second-order valence-electron chi connectivity index (χ2n) is 7.19. The third-order valence-electron chi connectivity index (χ3n) is 4.29. The molecular formula is C22H29N5O3. The summed E-state index contributed by atoms with van der Waals surface area (Å²) in [7, 11) is 0. The summed E-state index contributed by atoms with van der Waals surface area (Å²) in [6.07, 6.45) is 0. The molecule has 0 radical (unpaired) electrons. The van der Waals surface area contributed by atoms with Crippen LogP contribution in [0, 0.1) is 0 Å². The Morgan fingerprint density at radius 3 is 2.50 bits per heavy atom. The molecule has 30 heavy (non-hydrogen) atoms. The molecule has 3 rings (SSSR count). The molecule has 0 aromatic heterocycles. The van der Waals surface area contributed by atoms with Crippen molar-refractivity contribution in [3.8, 4) is 11.5 Å². The molecule has 8 nitrogen and oxygen atoms in total. The highest BCUT2D eigenvalue weighted by molar-refractivity contribution is 5.89. The monoisotopic (exact) mass is 411 g/mol. The number of hydrogen-bond donors (Lipinski definition) is 4. The number of nitrogens with one attached hydrogen (secondary N) is 4. The van der Waals surface area contributed by atoms with E-state index in [9.17, 15) is 4.79 Å². The van der Waals surface area contributed by atoms with Gasteiger partial charge in [0.1, 0.15) is 0 Å². The van der Waals surface area contributed by atoms with Crippen molar-refractivity contribution in [2.45, 2.75) is 39.9 Å². The molecule has 2 aromatic rings. The van der Waals surface area contributed by atoms with Crippen LogP contribution in [0.4, 0.5) is 10.5 Å². The Labute approximate surface area is 177 Å². The van der Waals surface area contributed by atoms with Crippen LogP contribution in [0.25, 0.3) is 0 Å². The number of guanidine groups is 1. The van der Waals surface area contributed by atoms with Crippen molar-refractivity contribution >= 4 is 17.7 Å². The van der Waals surface area contributed by atoms with Gasteiger partial charge in [0, 0.05) is 24.8 Å². The second kappa shape index (κ2) is 10.4. The van der Waals surface area contributed by atoms with Crippen molar-refractivity contribution < 1.29 is 14.3 Å². The van der Waals surface area contributed by atoms with Crippen molar-refractivity contribution in [3.63, 3.8) is 0 Å². The Balaban J connectivity index is 1.53. The number of carbonyl (C=O) groups excluding carboxylic acids is 1. The first-order valence-corrected chi connectivity index (χ1v) is 10.1. The Hall–Kier alpha value is -3.42. The minimum absolute atomic E-state index is 0.0925. The number of hydrogen-bond acceptors (Lipinski definition) is 4. The fraction of sp³-hybridized carbons (Fsp3) is 0.364. The number of aliphatic imine (C=N–C) groups is 1. The van der Waals surface area contributed by atoms with E-state index in [0.29, 0.717) is 13.1 Å². The van der Waals surface area contributed by atoms with Crippen LogP contribution in [-0.2, 0) is 13.1 Å². The second-order valence-corrected chi connectivity index (χ2v) is 7.19. The van der Waals surface area contributed by atoms with Crippen LogP contribution < -0.4 is 30.7 Å². The number of amides is 2. The molecule has 160 valence electrons. The largest absolute Gasteiger partial charge is 0.454 e. The third kappa shape index (κ3) is 6.30. The summed E-state index contributed by atoms with van der Waals surface area (Å²) in [5, 5.41) is 12.2. The van der Waals surface area contributed by atoms with Crippen LogP contribution in [0.1, 0.15) is 31.9 Å².